The van der Waals surface area contributed by atoms with Gasteiger partial charge in [-0.3, -0.25) is 9.59 Å². The van der Waals surface area contributed by atoms with E-state index in [4.69, 9.17) is 5.73 Å². The van der Waals surface area contributed by atoms with Gasteiger partial charge in [0.2, 0.25) is 5.91 Å². The molecule has 0 aliphatic rings. The monoisotopic (exact) mass is 603 g/mol. The molecule has 0 fully saturated rings. The number of benzene rings is 3. The standard InChI is InChI=1S/C13H19NO.C13H18O2.C13H20O/c2*1-13(2,3)11(12(14)15)9-10-7-5-4-6-8-10;1-10(13(2,3)4)12(14)11-8-6-5-7-9-11/h4-8,11H,9H2,1-3H3,(H2,14,15);4-8,11H,9H2,1-3H3,(H,14,15);5-10,12,14H,1-4H3/t2*11-;10-,12?/m001/s1. The lowest BCUT2D eigenvalue weighted by Gasteiger charge is -2.31. The maximum absolute atomic E-state index is 11.4. The Bertz CT molecular complexity index is 1170. The third-order valence-electron chi connectivity index (χ3n) is 8.28. The highest BCUT2D eigenvalue weighted by atomic mass is 16.4. The summed E-state index contributed by atoms with van der Waals surface area (Å²) in [4.78, 5) is 22.5. The van der Waals surface area contributed by atoms with E-state index in [0.717, 1.165) is 23.1 Å². The van der Waals surface area contributed by atoms with Crippen LogP contribution in [0.15, 0.2) is 91.0 Å². The molecule has 0 aromatic heterocycles. The molecular weight excluding hydrogens is 546 g/mol. The first kappa shape index (κ1) is 38.6. The summed E-state index contributed by atoms with van der Waals surface area (Å²) in [6, 6.07) is 29.6. The molecule has 4 atom stereocenters. The van der Waals surface area contributed by atoms with Gasteiger partial charge in [-0.2, -0.15) is 0 Å². The molecule has 5 heteroatoms. The zero-order chi connectivity index (χ0) is 33.7. The first-order chi connectivity index (χ1) is 20.2. The van der Waals surface area contributed by atoms with Crippen LogP contribution in [0, 0.1) is 34.0 Å². The fourth-order valence-corrected chi connectivity index (χ4v) is 4.71. The van der Waals surface area contributed by atoms with Gasteiger partial charge in [-0.15, -0.1) is 0 Å². The SMILES string of the molecule is CC(C)(C)[C@@H](Cc1ccccc1)C(=O)O.CC(C)(C)[C@@H](Cc1ccccc1)C(N)=O.C[C@H](C(O)c1ccccc1)C(C)(C)C. The highest BCUT2D eigenvalue weighted by Crippen LogP contribution is 2.35. The topological polar surface area (TPSA) is 101 Å². The number of amides is 1. The molecule has 0 spiro atoms. The van der Waals surface area contributed by atoms with Crippen LogP contribution >= 0.6 is 0 Å². The summed E-state index contributed by atoms with van der Waals surface area (Å²) >= 11 is 0. The molecule has 0 aliphatic carbocycles. The van der Waals surface area contributed by atoms with Crippen LogP contribution in [-0.4, -0.2) is 22.1 Å². The molecule has 44 heavy (non-hydrogen) atoms. The van der Waals surface area contributed by atoms with Gasteiger partial charge in [0.25, 0.3) is 0 Å². The van der Waals surface area contributed by atoms with Crippen molar-refractivity contribution in [2.24, 2.45) is 39.7 Å². The van der Waals surface area contributed by atoms with Gasteiger partial charge in [0.05, 0.1) is 12.0 Å². The van der Waals surface area contributed by atoms with E-state index in [1.807, 2.05) is 133 Å². The summed E-state index contributed by atoms with van der Waals surface area (Å²) in [7, 11) is 0. The molecule has 3 aromatic rings. The van der Waals surface area contributed by atoms with Crippen LogP contribution < -0.4 is 5.73 Å². The second-order valence-electron chi connectivity index (χ2n) is 15.0. The minimum Gasteiger partial charge on any atom is -0.481 e. The van der Waals surface area contributed by atoms with Crippen LogP contribution in [-0.2, 0) is 22.4 Å². The fraction of sp³-hybridized carbons (Fsp3) is 0.487. The Morgan fingerprint density at radius 1 is 0.614 bits per heavy atom. The second-order valence-corrected chi connectivity index (χ2v) is 15.0. The van der Waals surface area contributed by atoms with Crippen molar-refractivity contribution in [3.8, 4) is 0 Å². The molecular formula is C39H57NO4. The van der Waals surface area contributed by atoms with Crippen molar-refractivity contribution >= 4 is 11.9 Å². The summed E-state index contributed by atoms with van der Waals surface area (Å²) in [5.41, 5.74) is 8.53. The predicted octanol–water partition coefficient (Wildman–Crippen LogP) is 8.75. The van der Waals surface area contributed by atoms with Crippen LogP contribution in [0.3, 0.4) is 0 Å². The van der Waals surface area contributed by atoms with Gasteiger partial charge in [-0.05, 0) is 51.7 Å². The summed E-state index contributed by atoms with van der Waals surface area (Å²) in [6.45, 7) is 20.6. The molecule has 0 heterocycles. The van der Waals surface area contributed by atoms with Crippen LogP contribution in [0.1, 0.15) is 92.0 Å². The number of rotatable bonds is 8. The number of aliphatic hydroxyl groups is 1. The Morgan fingerprint density at radius 2 is 0.955 bits per heavy atom. The van der Waals surface area contributed by atoms with Crippen molar-refractivity contribution in [2.75, 3.05) is 0 Å². The number of carbonyl (C=O) groups excluding carboxylic acids is 1. The van der Waals surface area contributed by atoms with Crippen molar-refractivity contribution in [3.05, 3.63) is 108 Å². The minimum absolute atomic E-state index is 0.0817. The summed E-state index contributed by atoms with van der Waals surface area (Å²) in [5.74, 6) is -1.12. The van der Waals surface area contributed by atoms with E-state index in [1.54, 1.807) is 0 Å². The highest BCUT2D eigenvalue weighted by Gasteiger charge is 2.31. The summed E-state index contributed by atoms with van der Waals surface area (Å²) < 4.78 is 0. The highest BCUT2D eigenvalue weighted by molar-refractivity contribution is 5.77. The predicted molar refractivity (Wildman–Crippen MR) is 183 cm³/mol. The molecule has 0 aliphatic heterocycles. The smallest absolute Gasteiger partial charge is 0.307 e. The number of aliphatic hydroxyl groups excluding tert-OH is 1. The van der Waals surface area contributed by atoms with Crippen LogP contribution in [0.5, 0.6) is 0 Å². The largest absolute Gasteiger partial charge is 0.481 e. The number of aliphatic carboxylic acids is 1. The van der Waals surface area contributed by atoms with Crippen molar-refractivity contribution in [1.29, 1.82) is 0 Å². The zero-order valence-corrected chi connectivity index (χ0v) is 28.7. The second kappa shape index (κ2) is 17.2. The maximum atomic E-state index is 11.4. The van der Waals surface area contributed by atoms with Gasteiger partial charge in [0, 0.05) is 5.92 Å². The van der Waals surface area contributed by atoms with Gasteiger partial charge in [0.1, 0.15) is 0 Å². The average Bonchev–Trinajstić information content (AvgIpc) is 2.94. The fourth-order valence-electron chi connectivity index (χ4n) is 4.71. The third kappa shape index (κ3) is 13.9. The van der Waals surface area contributed by atoms with Crippen molar-refractivity contribution in [1.82, 2.24) is 0 Å². The zero-order valence-electron chi connectivity index (χ0n) is 28.7. The number of primary amides is 1. The molecule has 0 bridgehead atoms. The molecule has 0 saturated heterocycles. The number of hydrogen-bond acceptors (Lipinski definition) is 3. The van der Waals surface area contributed by atoms with Crippen molar-refractivity contribution in [2.45, 2.75) is 88.2 Å². The molecule has 1 unspecified atom stereocenters. The van der Waals surface area contributed by atoms with Gasteiger partial charge in [0.15, 0.2) is 0 Å². The quantitative estimate of drug-likeness (QED) is 0.240. The maximum Gasteiger partial charge on any atom is 0.307 e. The van der Waals surface area contributed by atoms with E-state index in [2.05, 4.69) is 27.7 Å². The van der Waals surface area contributed by atoms with Crippen LogP contribution in [0.4, 0.5) is 0 Å². The number of carboxylic acid groups (broad SMARTS) is 1. The molecule has 5 nitrogen and oxygen atoms in total. The van der Waals surface area contributed by atoms with E-state index in [9.17, 15) is 19.8 Å². The Hall–Kier alpha value is -3.44. The van der Waals surface area contributed by atoms with E-state index in [-0.39, 0.29) is 46.0 Å². The number of carbonyl (C=O) groups is 2. The summed E-state index contributed by atoms with van der Waals surface area (Å²) in [5, 5.41) is 19.3. The van der Waals surface area contributed by atoms with Crippen LogP contribution in [0.25, 0.3) is 0 Å². The van der Waals surface area contributed by atoms with E-state index in [0.29, 0.717) is 6.42 Å². The Morgan fingerprint density at radius 3 is 1.25 bits per heavy atom. The molecule has 1 amide bonds. The van der Waals surface area contributed by atoms with Gasteiger partial charge < -0.3 is 15.9 Å². The average molecular weight is 604 g/mol. The van der Waals surface area contributed by atoms with E-state index in [1.165, 1.54) is 0 Å². The lowest BCUT2D eigenvalue weighted by molar-refractivity contribution is -0.145. The Balaban J connectivity index is 0.000000330. The number of hydrogen-bond donors (Lipinski definition) is 3. The molecule has 242 valence electrons. The van der Waals surface area contributed by atoms with Gasteiger partial charge in [-0.25, -0.2) is 0 Å². The first-order valence-electron chi connectivity index (χ1n) is 15.6. The molecule has 0 radical (unpaired) electrons. The lowest BCUT2D eigenvalue weighted by Crippen LogP contribution is -2.35. The van der Waals surface area contributed by atoms with E-state index >= 15 is 0 Å². The normalized spacial score (nSPS) is 14.4. The van der Waals surface area contributed by atoms with Crippen LogP contribution in [0.2, 0.25) is 0 Å². The molecule has 3 rings (SSSR count). The van der Waals surface area contributed by atoms with Gasteiger partial charge >= 0.3 is 5.97 Å². The minimum atomic E-state index is -0.716. The van der Waals surface area contributed by atoms with Crippen molar-refractivity contribution in [3.63, 3.8) is 0 Å². The Labute approximate surface area is 266 Å². The Kier molecular flexibility index (Phi) is 15.0. The summed E-state index contributed by atoms with van der Waals surface area (Å²) in [6.07, 6.45) is 0.954. The number of carboxylic acids is 1. The molecule has 4 N–H and O–H groups in total. The molecule has 3 aromatic carbocycles. The first-order valence-corrected chi connectivity index (χ1v) is 15.6. The van der Waals surface area contributed by atoms with Crippen molar-refractivity contribution < 1.29 is 19.8 Å². The third-order valence-corrected chi connectivity index (χ3v) is 8.28. The van der Waals surface area contributed by atoms with E-state index < -0.39 is 5.97 Å². The molecule has 0 saturated carbocycles. The van der Waals surface area contributed by atoms with Gasteiger partial charge in [-0.1, -0.05) is 160 Å². The number of nitrogens with two attached hydrogens (primary N) is 1. The lowest BCUT2D eigenvalue weighted by atomic mass is 9.77.